The Hall–Kier alpha value is -3.49. The molecule has 0 aromatic heterocycles. The van der Waals surface area contributed by atoms with Crippen LogP contribution >= 0.6 is 0 Å². The van der Waals surface area contributed by atoms with Crippen LogP contribution in [0.1, 0.15) is 19.4 Å². The molecule has 0 aliphatic heterocycles. The van der Waals surface area contributed by atoms with Crippen molar-refractivity contribution in [3.05, 3.63) is 68.3 Å². The number of anilines is 1. The Morgan fingerprint density at radius 3 is 2.48 bits per heavy atom. The second-order valence-corrected chi connectivity index (χ2v) is 5.29. The van der Waals surface area contributed by atoms with Crippen LogP contribution in [0, 0.1) is 20.2 Å². The van der Waals surface area contributed by atoms with Crippen LogP contribution < -0.4 is 10.2 Å². The number of hydrogen-bond donors (Lipinski definition) is 1. The predicted molar refractivity (Wildman–Crippen MR) is 93.2 cm³/mol. The van der Waals surface area contributed by atoms with Gasteiger partial charge in [0, 0.05) is 11.6 Å². The first-order valence-corrected chi connectivity index (χ1v) is 7.36. The van der Waals surface area contributed by atoms with Crippen LogP contribution in [-0.2, 0) is 0 Å². The van der Waals surface area contributed by atoms with E-state index in [1.807, 2.05) is 26.0 Å². The van der Waals surface area contributed by atoms with E-state index in [-0.39, 0.29) is 17.5 Å². The number of non-ortho nitro benzene ring substituents is 1. The minimum atomic E-state index is -0.708. The number of rotatable bonds is 7. The molecule has 2 aromatic carbocycles. The molecule has 0 aliphatic carbocycles. The molecule has 0 unspecified atom stereocenters. The fraction of sp³-hybridized carbons (Fsp3) is 0.188. The van der Waals surface area contributed by atoms with E-state index in [1.54, 1.807) is 12.1 Å². The maximum Gasteiger partial charge on any atom is 0.301 e. The number of hydrazone groups is 1. The Bertz CT molecular complexity index is 820. The molecule has 0 radical (unpaired) electrons. The van der Waals surface area contributed by atoms with Gasteiger partial charge in [0.15, 0.2) is 0 Å². The lowest BCUT2D eigenvalue weighted by molar-refractivity contribution is -0.393. The van der Waals surface area contributed by atoms with Gasteiger partial charge in [-0.2, -0.15) is 5.10 Å². The summed E-state index contributed by atoms with van der Waals surface area (Å²) < 4.78 is 5.65. The molecule has 0 saturated heterocycles. The van der Waals surface area contributed by atoms with E-state index in [0.717, 1.165) is 6.07 Å². The third kappa shape index (κ3) is 4.74. The van der Waals surface area contributed by atoms with Gasteiger partial charge in [-0.05, 0) is 32.0 Å². The molecule has 0 fully saturated rings. The van der Waals surface area contributed by atoms with Gasteiger partial charge in [-0.1, -0.05) is 12.1 Å². The van der Waals surface area contributed by atoms with Crippen LogP contribution in [0.3, 0.4) is 0 Å². The minimum absolute atomic E-state index is 0.0155. The van der Waals surface area contributed by atoms with Crippen LogP contribution in [0.25, 0.3) is 0 Å². The normalized spacial score (nSPS) is 10.8. The Morgan fingerprint density at radius 1 is 1.12 bits per heavy atom. The molecule has 9 nitrogen and oxygen atoms in total. The van der Waals surface area contributed by atoms with Gasteiger partial charge in [-0.3, -0.25) is 25.7 Å². The summed E-state index contributed by atoms with van der Waals surface area (Å²) in [6.07, 6.45) is 1.45. The summed E-state index contributed by atoms with van der Waals surface area (Å²) in [4.78, 5) is 20.4. The van der Waals surface area contributed by atoms with E-state index in [4.69, 9.17) is 4.74 Å². The average molecular weight is 344 g/mol. The fourth-order valence-corrected chi connectivity index (χ4v) is 2.00. The maximum absolute atomic E-state index is 11.1. The van der Waals surface area contributed by atoms with E-state index in [1.165, 1.54) is 18.3 Å². The number of nitrogens with one attached hydrogen (secondary N) is 1. The molecule has 130 valence electrons. The molecule has 25 heavy (non-hydrogen) atoms. The molecule has 2 rings (SSSR count). The fourth-order valence-electron chi connectivity index (χ4n) is 2.00. The summed E-state index contributed by atoms with van der Waals surface area (Å²) in [7, 11) is 0. The highest BCUT2D eigenvalue weighted by Crippen LogP contribution is 2.29. The molecular formula is C16H16N4O5. The van der Waals surface area contributed by atoms with Gasteiger partial charge in [0.1, 0.15) is 11.4 Å². The number of benzene rings is 2. The summed E-state index contributed by atoms with van der Waals surface area (Å²) >= 11 is 0. The van der Waals surface area contributed by atoms with Gasteiger partial charge in [0.2, 0.25) is 0 Å². The standard InChI is InChI=1S/C16H16N4O5/c1-11(2)25-16-6-4-3-5-12(16)10-17-18-14-8-7-13(19(21)22)9-15(14)20(23)24/h3-11,18H,1-2H3/b17-10-. The van der Waals surface area contributed by atoms with Crippen molar-refractivity contribution in [1.82, 2.24) is 0 Å². The smallest absolute Gasteiger partial charge is 0.301 e. The third-order valence-electron chi connectivity index (χ3n) is 3.06. The molecule has 0 bridgehead atoms. The topological polar surface area (TPSA) is 120 Å². The lowest BCUT2D eigenvalue weighted by Gasteiger charge is -2.11. The molecule has 0 heterocycles. The maximum atomic E-state index is 11.1. The number of nitro groups is 2. The lowest BCUT2D eigenvalue weighted by Crippen LogP contribution is -2.07. The first-order chi connectivity index (χ1) is 11.9. The minimum Gasteiger partial charge on any atom is -0.490 e. The predicted octanol–water partition coefficient (Wildman–Crippen LogP) is 3.74. The zero-order valence-corrected chi connectivity index (χ0v) is 13.6. The number of ether oxygens (including phenoxy) is 1. The van der Waals surface area contributed by atoms with Crippen molar-refractivity contribution >= 4 is 23.3 Å². The Kier molecular flexibility index (Phi) is 5.62. The molecule has 2 aromatic rings. The van der Waals surface area contributed by atoms with E-state index in [2.05, 4.69) is 10.5 Å². The second-order valence-electron chi connectivity index (χ2n) is 5.29. The second kappa shape index (κ2) is 7.86. The highest BCUT2D eigenvalue weighted by atomic mass is 16.6. The average Bonchev–Trinajstić information content (AvgIpc) is 2.55. The number of nitro benzene ring substituents is 2. The van der Waals surface area contributed by atoms with E-state index in [0.29, 0.717) is 11.3 Å². The van der Waals surface area contributed by atoms with Gasteiger partial charge in [0.25, 0.3) is 5.69 Å². The van der Waals surface area contributed by atoms with Gasteiger partial charge < -0.3 is 4.74 Å². The van der Waals surface area contributed by atoms with E-state index >= 15 is 0 Å². The number of para-hydroxylation sites is 1. The van der Waals surface area contributed by atoms with Crippen molar-refractivity contribution in [3.8, 4) is 5.75 Å². The molecule has 0 saturated carbocycles. The first-order valence-electron chi connectivity index (χ1n) is 7.36. The summed E-state index contributed by atoms with van der Waals surface area (Å²) in [6, 6.07) is 10.5. The van der Waals surface area contributed by atoms with Crippen LogP contribution in [0.4, 0.5) is 17.1 Å². The third-order valence-corrected chi connectivity index (χ3v) is 3.06. The van der Waals surface area contributed by atoms with Gasteiger partial charge in [-0.15, -0.1) is 0 Å². The van der Waals surface area contributed by atoms with Crippen molar-refractivity contribution in [3.63, 3.8) is 0 Å². The van der Waals surface area contributed by atoms with Gasteiger partial charge >= 0.3 is 5.69 Å². The zero-order valence-electron chi connectivity index (χ0n) is 13.6. The molecular weight excluding hydrogens is 328 g/mol. The summed E-state index contributed by atoms with van der Waals surface area (Å²) in [6.45, 7) is 3.79. The number of hydrogen-bond acceptors (Lipinski definition) is 7. The Morgan fingerprint density at radius 2 is 1.84 bits per heavy atom. The highest BCUT2D eigenvalue weighted by Gasteiger charge is 2.19. The summed E-state index contributed by atoms with van der Waals surface area (Å²) in [5.74, 6) is 0.626. The Labute approximate surface area is 143 Å². The molecule has 1 N–H and O–H groups in total. The van der Waals surface area contributed by atoms with Crippen molar-refractivity contribution in [2.45, 2.75) is 20.0 Å². The van der Waals surface area contributed by atoms with Gasteiger partial charge in [-0.25, -0.2) is 0 Å². The SMILES string of the molecule is CC(C)Oc1ccccc1/C=N\Nc1ccc([N+](=O)[O-])cc1[N+](=O)[O-]. The Balaban J connectivity index is 2.23. The van der Waals surface area contributed by atoms with Gasteiger partial charge in [0.05, 0.1) is 28.2 Å². The van der Waals surface area contributed by atoms with Crippen molar-refractivity contribution < 1.29 is 14.6 Å². The van der Waals surface area contributed by atoms with E-state index < -0.39 is 15.5 Å². The summed E-state index contributed by atoms with van der Waals surface area (Å²) in [5, 5.41) is 25.8. The quantitative estimate of drug-likeness (QED) is 0.464. The highest BCUT2D eigenvalue weighted by molar-refractivity contribution is 5.84. The molecule has 9 heteroatoms. The molecule has 0 atom stereocenters. The zero-order chi connectivity index (χ0) is 18.4. The van der Waals surface area contributed by atoms with Crippen molar-refractivity contribution in [2.24, 2.45) is 5.10 Å². The van der Waals surface area contributed by atoms with Crippen LogP contribution in [0.15, 0.2) is 47.6 Å². The van der Waals surface area contributed by atoms with Crippen molar-refractivity contribution in [2.75, 3.05) is 5.43 Å². The van der Waals surface area contributed by atoms with Crippen LogP contribution in [0.5, 0.6) is 5.75 Å². The summed E-state index contributed by atoms with van der Waals surface area (Å²) in [5.41, 5.74) is 2.48. The number of nitrogens with zero attached hydrogens (tertiary/aromatic N) is 3. The van der Waals surface area contributed by atoms with E-state index in [9.17, 15) is 20.2 Å². The van der Waals surface area contributed by atoms with Crippen LogP contribution in [-0.4, -0.2) is 22.2 Å². The largest absolute Gasteiger partial charge is 0.490 e. The lowest BCUT2D eigenvalue weighted by atomic mass is 10.2. The molecule has 0 amide bonds. The monoisotopic (exact) mass is 344 g/mol. The first kappa shape index (κ1) is 17.9. The molecule has 0 spiro atoms. The van der Waals surface area contributed by atoms with Crippen LogP contribution in [0.2, 0.25) is 0 Å². The molecule has 0 aliphatic rings. The van der Waals surface area contributed by atoms with Crippen molar-refractivity contribution in [1.29, 1.82) is 0 Å².